The van der Waals surface area contributed by atoms with Gasteiger partial charge in [0.25, 0.3) is 0 Å². The first kappa shape index (κ1) is 9.78. The predicted molar refractivity (Wildman–Crippen MR) is 51.4 cm³/mol. The molecule has 13 heavy (non-hydrogen) atoms. The van der Waals surface area contributed by atoms with Gasteiger partial charge in [0, 0.05) is 11.8 Å². The summed E-state index contributed by atoms with van der Waals surface area (Å²) < 4.78 is 5.18. The molecule has 70 valence electrons. The van der Waals surface area contributed by atoms with Gasteiger partial charge in [-0.25, -0.2) is 0 Å². The molecule has 0 spiro atoms. The zero-order valence-corrected chi connectivity index (χ0v) is 7.99. The molecule has 2 nitrogen and oxygen atoms in total. The fraction of sp³-hybridized carbons (Fsp3) is 0.364. The summed E-state index contributed by atoms with van der Waals surface area (Å²) in [5.74, 6) is 0.840. The van der Waals surface area contributed by atoms with E-state index in [0.717, 1.165) is 12.0 Å². The second-order valence-corrected chi connectivity index (χ2v) is 3.38. The average Bonchev–Trinajstić information content (AvgIpc) is 2.57. The van der Waals surface area contributed by atoms with Crippen LogP contribution in [0, 0.1) is 5.41 Å². The molecule has 0 bridgehead atoms. The van der Waals surface area contributed by atoms with Crippen molar-refractivity contribution in [1.82, 2.24) is 0 Å². The number of furan rings is 1. The van der Waals surface area contributed by atoms with Gasteiger partial charge in [-0.05, 0) is 26.0 Å². The highest BCUT2D eigenvalue weighted by atomic mass is 16.3. The van der Waals surface area contributed by atoms with Crippen molar-refractivity contribution in [3.63, 3.8) is 0 Å². The summed E-state index contributed by atoms with van der Waals surface area (Å²) in [7, 11) is 0. The molecule has 0 amide bonds. The lowest BCUT2D eigenvalue weighted by Gasteiger charge is -2.16. The van der Waals surface area contributed by atoms with Crippen molar-refractivity contribution in [3.05, 3.63) is 36.3 Å². The molecule has 0 aliphatic heterocycles. The summed E-state index contributed by atoms with van der Waals surface area (Å²) >= 11 is 0. The molecule has 1 atom stereocenters. The Hall–Kier alpha value is -1.31. The number of carbonyl (C=O) groups is 1. The third kappa shape index (κ3) is 2.58. The third-order valence-corrected chi connectivity index (χ3v) is 1.95. The molecule has 1 unspecified atom stereocenters. The van der Waals surface area contributed by atoms with Gasteiger partial charge in [0.05, 0.1) is 6.26 Å². The van der Waals surface area contributed by atoms with Gasteiger partial charge in [0.2, 0.25) is 0 Å². The summed E-state index contributed by atoms with van der Waals surface area (Å²) in [6.07, 6.45) is 6.97. The topological polar surface area (TPSA) is 30.2 Å². The zero-order chi connectivity index (χ0) is 9.73. The molecule has 1 rings (SSSR count). The molecule has 0 fully saturated rings. The van der Waals surface area contributed by atoms with Crippen molar-refractivity contribution in [2.75, 3.05) is 0 Å². The van der Waals surface area contributed by atoms with Gasteiger partial charge in [0.1, 0.15) is 12.0 Å². The van der Waals surface area contributed by atoms with Gasteiger partial charge in [-0.2, -0.15) is 0 Å². The third-order valence-electron chi connectivity index (χ3n) is 1.95. The van der Waals surface area contributed by atoms with Gasteiger partial charge in [-0.15, -0.1) is 0 Å². The number of hydrogen-bond acceptors (Lipinski definition) is 2. The van der Waals surface area contributed by atoms with Gasteiger partial charge in [-0.1, -0.05) is 12.2 Å². The van der Waals surface area contributed by atoms with Crippen LogP contribution >= 0.6 is 0 Å². The molecule has 1 heterocycles. The Morgan fingerprint density at radius 2 is 2.38 bits per heavy atom. The van der Waals surface area contributed by atoms with Crippen LogP contribution in [0.5, 0.6) is 0 Å². The van der Waals surface area contributed by atoms with E-state index in [9.17, 15) is 4.79 Å². The monoisotopic (exact) mass is 178 g/mol. The smallest absolute Gasteiger partial charge is 0.130 e. The molecule has 0 aromatic carbocycles. The maximum atomic E-state index is 10.9. The van der Waals surface area contributed by atoms with E-state index >= 15 is 0 Å². The van der Waals surface area contributed by atoms with E-state index in [1.807, 2.05) is 38.1 Å². The minimum Gasteiger partial charge on any atom is -0.469 e. The van der Waals surface area contributed by atoms with Gasteiger partial charge >= 0.3 is 0 Å². The lowest BCUT2D eigenvalue weighted by atomic mass is 9.87. The van der Waals surface area contributed by atoms with Crippen LogP contribution in [0.2, 0.25) is 0 Å². The predicted octanol–water partition coefficient (Wildman–Crippen LogP) is 2.60. The minimum atomic E-state index is -0.438. The Kier molecular flexibility index (Phi) is 3.07. The molecule has 0 saturated heterocycles. The molecular weight excluding hydrogens is 164 g/mol. The van der Waals surface area contributed by atoms with Crippen LogP contribution in [0.25, 0.3) is 0 Å². The molecule has 2 heteroatoms. The minimum absolute atomic E-state index is 0.438. The number of carbonyl (C=O) groups excluding carboxylic acids is 1. The zero-order valence-electron chi connectivity index (χ0n) is 7.99. The van der Waals surface area contributed by atoms with Crippen LogP contribution in [-0.2, 0) is 11.2 Å². The van der Waals surface area contributed by atoms with E-state index < -0.39 is 5.41 Å². The van der Waals surface area contributed by atoms with E-state index in [2.05, 4.69) is 0 Å². The molecule has 1 aromatic heterocycles. The quantitative estimate of drug-likeness (QED) is 0.524. The normalized spacial score (nSPS) is 15.8. The van der Waals surface area contributed by atoms with E-state index in [1.165, 1.54) is 0 Å². The van der Waals surface area contributed by atoms with E-state index in [-0.39, 0.29) is 0 Å². The Labute approximate surface area is 78.3 Å². The van der Waals surface area contributed by atoms with E-state index in [0.29, 0.717) is 6.42 Å². The Morgan fingerprint density at radius 3 is 2.85 bits per heavy atom. The summed E-state index contributed by atoms with van der Waals surface area (Å²) in [6.45, 7) is 3.80. The van der Waals surface area contributed by atoms with Crippen molar-refractivity contribution in [2.45, 2.75) is 20.3 Å². The number of hydrogen-bond donors (Lipinski definition) is 0. The second-order valence-electron chi connectivity index (χ2n) is 3.38. The largest absolute Gasteiger partial charge is 0.469 e. The summed E-state index contributed by atoms with van der Waals surface area (Å²) in [5, 5.41) is 0. The summed E-state index contributed by atoms with van der Waals surface area (Å²) in [5.41, 5.74) is -0.438. The highest BCUT2D eigenvalue weighted by molar-refractivity contribution is 5.62. The highest BCUT2D eigenvalue weighted by Gasteiger charge is 2.21. The van der Waals surface area contributed by atoms with Crippen molar-refractivity contribution in [1.29, 1.82) is 0 Å². The van der Waals surface area contributed by atoms with E-state index in [4.69, 9.17) is 4.42 Å². The second kappa shape index (κ2) is 4.08. The highest BCUT2D eigenvalue weighted by Crippen LogP contribution is 2.21. The Bertz CT molecular complexity index is 285. The molecule has 0 aliphatic carbocycles. The van der Waals surface area contributed by atoms with Crippen molar-refractivity contribution >= 4 is 6.29 Å². The maximum absolute atomic E-state index is 10.9. The lowest BCUT2D eigenvalue weighted by Crippen LogP contribution is -2.17. The Morgan fingerprint density at radius 1 is 1.62 bits per heavy atom. The molecular formula is C11H14O2. The molecule has 0 saturated carbocycles. The van der Waals surface area contributed by atoms with Crippen LogP contribution in [0.1, 0.15) is 19.6 Å². The van der Waals surface area contributed by atoms with Crippen molar-refractivity contribution < 1.29 is 9.21 Å². The van der Waals surface area contributed by atoms with Crippen LogP contribution < -0.4 is 0 Å². The molecule has 0 N–H and O–H groups in total. The van der Waals surface area contributed by atoms with Crippen LogP contribution in [0.4, 0.5) is 0 Å². The molecule has 0 radical (unpaired) electrons. The fourth-order valence-electron chi connectivity index (χ4n) is 1.31. The average molecular weight is 178 g/mol. The Balaban J connectivity index is 2.74. The van der Waals surface area contributed by atoms with Crippen LogP contribution in [0.15, 0.2) is 35.0 Å². The first-order valence-corrected chi connectivity index (χ1v) is 4.33. The standard InChI is InChI=1S/C11H14O2/c1-3-6-11(2,9-12)8-10-5-4-7-13-10/h3-7,9H,8H2,1-2H3/b6-3+. The van der Waals surface area contributed by atoms with E-state index in [1.54, 1.807) is 6.26 Å². The van der Waals surface area contributed by atoms with Crippen LogP contribution in [-0.4, -0.2) is 6.29 Å². The van der Waals surface area contributed by atoms with Crippen LogP contribution in [0.3, 0.4) is 0 Å². The van der Waals surface area contributed by atoms with Crippen molar-refractivity contribution in [2.24, 2.45) is 5.41 Å². The van der Waals surface area contributed by atoms with Gasteiger partial charge < -0.3 is 9.21 Å². The molecule has 1 aromatic rings. The fourth-order valence-corrected chi connectivity index (χ4v) is 1.31. The number of rotatable bonds is 4. The number of aldehydes is 1. The summed E-state index contributed by atoms with van der Waals surface area (Å²) in [6, 6.07) is 3.71. The molecule has 0 aliphatic rings. The van der Waals surface area contributed by atoms with Gasteiger partial charge in [-0.3, -0.25) is 0 Å². The SMILES string of the molecule is C/C=C/C(C)(C=O)Cc1ccco1. The number of allylic oxidation sites excluding steroid dienone is 2. The first-order chi connectivity index (χ1) is 6.20. The van der Waals surface area contributed by atoms with Gasteiger partial charge in [0.15, 0.2) is 0 Å². The maximum Gasteiger partial charge on any atom is 0.130 e. The van der Waals surface area contributed by atoms with Crippen molar-refractivity contribution in [3.8, 4) is 0 Å². The lowest BCUT2D eigenvalue weighted by molar-refractivity contribution is -0.113. The summed E-state index contributed by atoms with van der Waals surface area (Å²) in [4.78, 5) is 10.9. The first-order valence-electron chi connectivity index (χ1n) is 4.33.